The van der Waals surface area contributed by atoms with Gasteiger partial charge in [0.15, 0.2) is 0 Å². The van der Waals surface area contributed by atoms with E-state index in [2.05, 4.69) is 15.6 Å². The molecule has 0 fully saturated rings. The van der Waals surface area contributed by atoms with Gasteiger partial charge < -0.3 is 10.6 Å². The lowest BCUT2D eigenvalue weighted by Gasteiger charge is -2.22. The van der Waals surface area contributed by atoms with Crippen LogP contribution in [0.15, 0.2) is 60.0 Å². The molecule has 0 bridgehead atoms. The molecule has 9 heteroatoms. The van der Waals surface area contributed by atoms with Crippen LogP contribution in [-0.2, 0) is 28.9 Å². The van der Waals surface area contributed by atoms with E-state index in [0.29, 0.717) is 12.8 Å². The molecule has 2 N–H and O–H groups in total. The lowest BCUT2D eigenvalue weighted by molar-refractivity contribution is -0.384. The molecule has 2 aromatic carbocycles. The summed E-state index contributed by atoms with van der Waals surface area (Å²) in [4.78, 5) is 40.2. The van der Waals surface area contributed by atoms with Gasteiger partial charge in [0.2, 0.25) is 11.8 Å². The number of amides is 2. The van der Waals surface area contributed by atoms with Crippen molar-refractivity contribution in [3.8, 4) is 0 Å². The van der Waals surface area contributed by atoms with Crippen molar-refractivity contribution in [1.29, 1.82) is 0 Å². The first-order chi connectivity index (χ1) is 15.9. The summed E-state index contributed by atoms with van der Waals surface area (Å²) >= 11 is 1.46. The minimum Gasteiger partial charge on any atom is -0.345 e. The predicted molar refractivity (Wildman–Crippen MR) is 127 cm³/mol. The van der Waals surface area contributed by atoms with Gasteiger partial charge in [-0.25, -0.2) is 4.98 Å². The second kappa shape index (κ2) is 11.3. The van der Waals surface area contributed by atoms with Crippen molar-refractivity contribution >= 4 is 28.8 Å². The number of nitro groups is 1. The Labute approximate surface area is 196 Å². The molecule has 33 heavy (non-hydrogen) atoms. The summed E-state index contributed by atoms with van der Waals surface area (Å²) in [5.41, 5.74) is 2.70. The lowest BCUT2D eigenvalue weighted by Crippen LogP contribution is -2.48. The summed E-state index contributed by atoms with van der Waals surface area (Å²) in [7, 11) is 0. The van der Waals surface area contributed by atoms with E-state index in [-0.39, 0.29) is 17.5 Å². The second-order valence-electron chi connectivity index (χ2n) is 7.66. The molecule has 1 heterocycles. The third-order valence-corrected chi connectivity index (χ3v) is 6.12. The van der Waals surface area contributed by atoms with E-state index < -0.39 is 17.0 Å². The molecule has 1 aromatic heterocycles. The van der Waals surface area contributed by atoms with Crippen molar-refractivity contribution in [1.82, 2.24) is 15.6 Å². The molecule has 2 amide bonds. The third kappa shape index (κ3) is 6.95. The summed E-state index contributed by atoms with van der Waals surface area (Å²) in [5.74, 6) is -0.602. The van der Waals surface area contributed by atoms with Crippen molar-refractivity contribution in [2.75, 3.05) is 0 Å². The van der Waals surface area contributed by atoms with Gasteiger partial charge in [-0.1, -0.05) is 49.4 Å². The Morgan fingerprint density at radius 1 is 1.03 bits per heavy atom. The molecular weight excluding hydrogens is 440 g/mol. The standard InChI is InChI=1S/C24H26N4O4S/c1-3-19-15-33-24(26-19)22(14-18-9-11-20(12-10-18)28(31)32)27-23(30)21(25-16(2)29)13-17-7-5-4-6-8-17/h4-12,15,21-22H,3,13-14H2,1-2H3,(H,25,29)(H,27,30)/t21?,22-/m0/s1. The molecule has 0 spiro atoms. The molecule has 2 atom stereocenters. The Morgan fingerprint density at radius 3 is 2.27 bits per heavy atom. The van der Waals surface area contributed by atoms with Gasteiger partial charge in [0.25, 0.3) is 5.69 Å². The van der Waals surface area contributed by atoms with Crippen LogP contribution in [0.3, 0.4) is 0 Å². The first-order valence-corrected chi connectivity index (χ1v) is 11.5. The Balaban J connectivity index is 1.82. The largest absolute Gasteiger partial charge is 0.345 e. The van der Waals surface area contributed by atoms with Crippen LogP contribution in [0.4, 0.5) is 5.69 Å². The zero-order valence-electron chi connectivity index (χ0n) is 18.5. The normalized spacial score (nSPS) is 12.5. The number of nitrogens with zero attached hydrogens (tertiary/aromatic N) is 2. The summed E-state index contributed by atoms with van der Waals surface area (Å²) in [6.45, 7) is 3.39. The van der Waals surface area contributed by atoms with Crippen molar-refractivity contribution in [2.45, 2.75) is 45.2 Å². The van der Waals surface area contributed by atoms with E-state index in [9.17, 15) is 19.7 Å². The third-order valence-electron chi connectivity index (χ3n) is 5.11. The maximum atomic E-state index is 13.2. The van der Waals surface area contributed by atoms with Crippen LogP contribution in [-0.4, -0.2) is 27.8 Å². The molecule has 0 saturated heterocycles. The van der Waals surface area contributed by atoms with E-state index in [1.165, 1.54) is 30.4 Å². The van der Waals surface area contributed by atoms with Gasteiger partial charge in [0.05, 0.1) is 16.7 Å². The fraction of sp³-hybridized carbons (Fsp3) is 0.292. The van der Waals surface area contributed by atoms with Crippen molar-refractivity contribution < 1.29 is 14.5 Å². The maximum absolute atomic E-state index is 13.2. The van der Waals surface area contributed by atoms with Crippen LogP contribution >= 0.6 is 11.3 Å². The highest BCUT2D eigenvalue weighted by Gasteiger charge is 2.25. The molecule has 0 saturated carbocycles. The first kappa shape index (κ1) is 24.1. The smallest absolute Gasteiger partial charge is 0.269 e. The fourth-order valence-electron chi connectivity index (χ4n) is 3.41. The number of benzene rings is 2. The summed E-state index contributed by atoms with van der Waals surface area (Å²) in [6.07, 6.45) is 1.55. The highest BCUT2D eigenvalue weighted by molar-refractivity contribution is 7.09. The van der Waals surface area contributed by atoms with Gasteiger partial charge in [0.1, 0.15) is 11.0 Å². The number of thiazole rings is 1. The van der Waals surface area contributed by atoms with Crippen LogP contribution in [0.25, 0.3) is 0 Å². The van der Waals surface area contributed by atoms with E-state index in [4.69, 9.17) is 0 Å². The summed E-state index contributed by atoms with van der Waals surface area (Å²) in [5, 5.41) is 19.4. The monoisotopic (exact) mass is 466 g/mol. The molecule has 0 radical (unpaired) electrons. The number of nitrogens with one attached hydrogen (secondary N) is 2. The Hall–Kier alpha value is -3.59. The number of aromatic nitrogens is 1. The summed E-state index contributed by atoms with van der Waals surface area (Å²) < 4.78 is 0. The highest BCUT2D eigenvalue weighted by atomic mass is 32.1. The molecule has 8 nitrogen and oxygen atoms in total. The highest BCUT2D eigenvalue weighted by Crippen LogP contribution is 2.24. The fourth-order valence-corrected chi connectivity index (χ4v) is 4.36. The van der Waals surface area contributed by atoms with Gasteiger partial charge in [-0.05, 0) is 24.0 Å². The molecule has 172 valence electrons. The average Bonchev–Trinajstić information content (AvgIpc) is 3.28. The van der Waals surface area contributed by atoms with Crippen LogP contribution in [0.2, 0.25) is 0 Å². The van der Waals surface area contributed by atoms with Gasteiger partial charge in [-0.3, -0.25) is 19.7 Å². The average molecular weight is 467 g/mol. The van der Waals surface area contributed by atoms with Crippen molar-refractivity contribution in [3.05, 3.63) is 91.9 Å². The predicted octanol–water partition coefficient (Wildman–Crippen LogP) is 3.76. The Morgan fingerprint density at radius 2 is 1.70 bits per heavy atom. The SMILES string of the molecule is CCc1csc([C@H](Cc2ccc([N+](=O)[O-])cc2)NC(=O)C(Cc2ccccc2)NC(C)=O)n1. The molecule has 0 aliphatic carbocycles. The van der Waals surface area contributed by atoms with Crippen LogP contribution in [0.1, 0.15) is 41.7 Å². The van der Waals surface area contributed by atoms with Crippen molar-refractivity contribution in [3.63, 3.8) is 0 Å². The second-order valence-corrected chi connectivity index (χ2v) is 8.55. The van der Waals surface area contributed by atoms with Crippen LogP contribution in [0.5, 0.6) is 0 Å². The number of carbonyl (C=O) groups excluding carboxylic acids is 2. The molecule has 1 unspecified atom stereocenters. The number of hydrogen-bond acceptors (Lipinski definition) is 6. The number of hydrogen-bond donors (Lipinski definition) is 2. The van der Waals surface area contributed by atoms with Gasteiger partial charge >= 0.3 is 0 Å². The minimum atomic E-state index is -0.741. The quantitative estimate of drug-likeness (QED) is 0.349. The van der Waals surface area contributed by atoms with Crippen LogP contribution < -0.4 is 10.6 Å². The molecule has 0 aliphatic heterocycles. The molecule has 3 aromatic rings. The number of rotatable bonds is 10. The summed E-state index contributed by atoms with van der Waals surface area (Å²) in [6, 6.07) is 14.6. The van der Waals surface area contributed by atoms with E-state index in [1.54, 1.807) is 12.1 Å². The number of carbonyl (C=O) groups is 2. The topological polar surface area (TPSA) is 114 Å². The minimum absolute atomic E-state index is 0.00966. The van der Waals surface area contributed by atoms with Gasteiger partial charge in [-0.2, -0.15) is 0 Å². The molecule has 3 rings (SSSR count). The molecule has 0 aliphatic rings. The molecular formula is C24H26N4O4S. The van der Waals surface area contributed by atoms with Crippen molar-refractivity contribution in [2.24, 2.45) is 0 Å². The van der Waals surface area contributed by atoms with E-state index in [1.807, 2.05) is 42.6 Å². The van der Waals surface area contributed by atoms with Gasteiger partial charge in [-0.15, -0.1) is 11.3 Å². The van der Waals surface area contributed by atoms with E-state index in [0.717, 1.165) is 28.2 Å². The van der Waals surface area contributed by atoms with E-state index >= 15 is 0 Å². The first-order valence-electron chi connectivity index (χ1n) is 10.6. The Bertz CT molecular complexity index is 1100. The zero-order chi connectivity index (χ0) is 23.8. The number of aryl methyl sites for hydroxylation is 1. The Kier molecular flexibility index (Phi) is 8.26. The van der Waals surface area contributed by atoms with Gasteiger partial charge in [0, 0.05) is 30.9 Å². The van der Waals surface area contributed by atoms with Crippen LogP contribution in [0, 0.1) is 10.1 Å². The lowest BCUT2D eigenvalue weighted by atomic mass is 10.0. The maximum Gasteiger partial charge on any atom is 0.269 e. The number of nitro benzene ring substituents is 1. The number of non-ortho nitro benzene ring substituents is 1. The zero-order valence-corrected chi connectivity index (χ0v) is 19.3.